The van der Waals surface area contributed by atoms with Gasteiger partial charge in [0.15, 0.2) is 11.6 Å². The van der Waals surface area contributed by atoms with Gasteiger partial charge >= 0.3 is 0 Å². The molecular formula is C16H23FN2O. The van der Waals surface area contributed by atoms with E-state index in [4.69, 9.17) is 4.74 Å². The summed E-state index contributed by atoms with van der Waals surface area (Å²) >= 11 is 0. The minimum Gasteiger partial charge on any atom is -0.494 e. The molecule has 2 aliphatic rings. The molecule has 1 heterocycles. The molecule has 2 unspecified atom stereocenters. The first-order valence-electron chi connectivity index (χ1n) is 7.39. The van der Waals surface area contributed by atoms with Gasteiger partial charge in [0, 0.05) is 36.4 Å². The lowest BCUT2D eigenvalue weighted by Gasteiger charge is -2.47. The standard InChI is InChI=1S/C16H23FN2O/c1-11-9-18-16(2,12-4-5-12)10-19(11)13-6-7-15(20-3)14(17)8-13/h6-8,11-12,18H,4-5,9-10H2,1-3H3. The fourth-order valence-corrected chi connectivity index (χ4v) is 3.23. The molecule has 20 heavy (non-hydrogen) atoms. The zero-order chi connectivity index (χ0) is 14.3. The van der Waals surface area contributed by atoms with Crippen molar-refractivity contribution in [1.82, 2.24) is 5.32 Å². The number of rotatable bonds is 3. The van der Waals surface area contributed by atoms with Crippen molar-refractivity contribution in [2.75, 3.05) is 25.1 Å². The second-order valence-electron chi connectivity index (χ2n) is 6.37. The van der Waals surface area contributed by atoms with Gasteiger partial charge < -0.3 is 15.0 Å². The Balaban J connectivity index is 1.85. The average molecular weight is 278 g/mol. The molecule has 0 aromatic heterocycles. The van der Waals surface area contributed by atoms with E-state index in [1.807, 2.05) is 6.07 Å². The summed E-state index contributed by atoms with van der Waals surface area (Å²) in [5.74, 6) is 0.783. The summed E-state index contributed by atoms with van der Waals surface area (Å²) in [5, 5.41) is 3.68. The van der Waals surface area contributed by atoms with Crippen LogP contribution in [0.25, 0.3) is 0 Å². The maximum Gasteiger partial charge on any atom is 0.167 e. The fraction of sp³-hybridized carbons (Fsp3) is 0.625. The SMILES string of the molecule is COc1ccc(N2CC(C)(C3CC3)NCC2C)cc1F. The number of piperazine rings is 1. The highest BCUT2D eigenvalue weighted by Crippen LogP contribution is 2.42. The number of halogens is 1. The molecule has 3 nitrogen and oxygen atoms in total. The van der Waals surface area contributed by atoms with E-state index in [-0.39, 0.29) is 11.4 Å². The number of hydrogen-bond acceptors (Lipinski definition) is 3. The first-order valence-corrected chi connectivity index (χ1v) is 7.39. The molecule has 2 atom stereocenters. The van der Waals surface area contributed by atoms with Gasteiger partial charge in [0.2, 0.25) is 0 Å². The van der Waals surface area contributed by atoms with E-state index in [1.165, 1.54) is 20.0 Å². The Bertz CT molecular complexity index is 503. The van der Waals surface area contributed by atoms with Crippen LogP contribution in [0.5, 0.6) is 5.75 Å². The first-order chi connectivity index (χ1) is 9.53. The van der Waals surface area contributed by atoms with Gasteiger partial charge in [-0.25, -0.2) is 4.39 Å². The number of nitrogens with zero attached hydrogens (tertiary/aromatic N) is 1. The van der Waals surface area contributed by atoms with Gasteiger partial charge in [-0.1, -0.05) is 0 Å². The second kappa shape index (κ2) is 4.92. The van der Waals surface area contributed by atoms with Crippen LogP contribution in [0.4, 0.5) is 10.1 Å². The Hall–Kier alpha value is -1.29. The molecule has 0 radical (unpaired) electrons. The molecule has 3 rings (SSSR count). The van der Waals surface area contributed by atoms with Crippen molar-refractivity contribution in [3.8, 4) is 5.75 Å². The molecule has 110 valence electrons. The van der Waals surface area contributed by atoms with Gasteiger partial charge in [0.25, 0.3) is 0 Å². The third-order valence-electron chi connectivity index (χ3n) is 4.78. The number of nitrogens with one attached hydrogen (secondary N) is 1. The van der Waals surface area contributed by atoms with Crippen molar-refractivity contribution in [2.24, 2.45) is 5.92 Å². The smallest absolute Gasteiger partial charge is 0.167 e. The summed E-state index contributed by atoms with van der Waals surface area (Å²) in [6.07, 6.45) is 2.62. The normalized spacial score (nSPS) is 30.4. The summed E-state index contributed by atoms with van der Waals surface area (Å²) in [7, 11) is 1.50. The van der Waals surface area contributed by atoms with Gasteiger partial charge in [-0.3, -0.25) is 0 Å². The molecule has 0 spiro atoms. The monoisotopic (exact) mass is 278 g/mol. The molecule has 2 fully saturated rings. The zero-order valence-corrected chi connectivity index (χ0v) is 12.4. The van der Waals surface area contributed by atoms with Crippen LogP contribution in [0.15, 0.2) is 18.2 Å². The minimum absolute atomic E-state index is 0.156. The third-order valence-corrected chi connectivity index (χ3v) is 4.78. The summed E-state index contributed by atoms with van der Waals surface area (Å²) < 4.78 is 18.9. The molecular weight excluding hydrogens is 255 g/mol. The number of methoxy groups -OCH3 is 1. The second-order valence-corrected chi connectivity index (χ2v) is 6.37. The van der Waals surface area contributed by atoms with E-state index in [9.17, 15) is 4.39 Å². The largest absolute Gasteiger partial charge is 0.494 e. The van der Waals surface area contributed by atoms with Gasteiger partial charge in [0.05, 0.1) is 7.11 Å². The minimum atomic E-state index is -0.288. The number of anilines is 1. The van der Waals surface area contributed by atoms with Crippen molar-refractivity contribution in [1.29, 1.82) is 0 Å². The highest BCUT2D eigenvalue weighted by atomic mass is 19.1. The lowest BCUT2D eigenvalue weighted by Crippen LogP contribution is -2.63. The highest BCUT2D eigenvalue weighted by Gasteiger charge is 2.45. The van der Waals surface area contributed by atoms with Crippen molar-refractivity contribution in [2.45, 2.75) is 38.3 Å². The Labute approximate surface area is 120 Å². The molecule has 4 heteroatoms. The summed E-state index contributed by atoms with van der Waals surface area (Å²) in [6, 6.07) is 5.63. The van der Waals surface area contributed by atoms with Crippen LogP contribution < -0.4 is 15.0 Å². The number of hydrogen-bond donors (Lipinski definition) is 1. The molecule has 1 N–H and O–H groups in total. The van der Waals surface area contributed by atoms with Crippen molar-refractivity contribution in [3.05, 3.63) is 24.0 Å². The average Bonchev–Trinajstić information content (AvgIpc) is 3.26. The summed E-state index contributed by atoms with van der Waals surface area (Å²) in [4.78, 5) is 2.32. The molecule has 1 saturated heterocycles. The molecule has 0 amide bonds. The lowest BCUT2D eigenvalue weighted by molar-refractivity contribution is 0.260. The van der Waals surface area contributed by atoms with E-state index in [1.54, 1.807) is 12.1 Å². The van der Waals surface area contributed by atoms with Crippen LogP contribution in [0.1, 0.15) is 26.7 Å². The van der Waals surface area contributed by atoms with E-state index < -0.39 is 0 Å². The predicted octanol–water partition coefficient (Wildman–Crippen LogP) is 2.80. The van der Waals surface area contributed by atoms with Gasteiger partial charge in [-0.2, -0.15) is 0 Å². The summed E-state index contributed by atoms with van der Waals surface area (Å²) in [5.41, 5.74) is 1.10. The van der Waals surface area contributed by atoms with Crippen LogP contribution in [-0.4, -0.2) is 31.8 Å². The number of benzene rings is 1. The van der Waals surface area contributed by atoms with Crippen LogP contribution in [0.3, 0.4) is 0 Å². The lowest BCUT2D eigenvalue weighted by atomic mass is 9.91. The van der Waals surface area contributed by atoms with E-state index in [0.717, 1.165) is 24.7 Å². The maximum atomic E-state index is 13.9. The van der Waals surface area contributed by atoms with Crippen molar-refractivity contribution >= 4 is 5.69 Å². The third kappa shape index (κ3) is 2.37. The molecule has 0 bridgehead atoms. The molecule has 1 aliphatic carbocycles. The molecule has 1 aliphatic heterocycles. The topological polar surface area (TPSA) is 24.5 Å². The Kier molecular flexibility index (Phi) is 3.36. The molecule has 1 aromatic carbocycles. The maximum absolute atomic E-state index is 13.9. The fourth-order valence-electron chi connectivity index (χ4n) is 3.23. The zero-order valence-electron chi connectivity index (χ0n) is 12.4. The van der Waals surface area contributed by atoms with Crippen LogP contribution >= 0.6 is 0 Å². The Morgan fingerprint density at radius 3 is 2.75 bits per heavy atom. The quantitative estimate of drug-likeness (QED) is 0.920. The first kappa shape index (κ1) is 13.7. The van der Waals surface area contributed by atoms with E-state index in [0.29, 0.717) is 11.8 Å². The molecule has 1 saturated carbocycles. The van der Waals surface area contributed by atoms with Crippen LogP contribution in [0.2, 0.25) is 0 Å². The van der Waals surface area contributed by atoms with E-state index in [2.05, 4.69) is 24.1 Å². The van der Waals surface area contributed by atoms with Gasteiger partial charge in [-0.15, -0.1) is 0 Å². The molecule has 1 aromatic rings. The van der Waals surface area contributed by atoms with E-state index >= 15 is 0 Å². The highest BCUT2D eigenvalue weighted by molar-refractivity contribution is 5.52. The number of ether oxygens (including phenoxy) is 1. The van der Waals surface area contributed by atoms with Crippen molar-refractivity contribution in [3.63, 3.8) is 0 Å². The van der Waals surface area contributed by atoms with Gasteiger partial charge in [-0.05, 0) is 44.7 Å². The van der Waals surface area contributed by atoms with Gasteiger partial charge in [0.1, 0.15) is 0 Å². The van der Waals surface area contributed by atoms with Crippen LogP contribution in [-0.2, 0) is 0 Å². The Morgan fingerprint density at radius 1 is 1.40 bits per heavy atom. The predicted molar refractivity (Wildman–Crippen MR) is 78.9 cm³/mol. The summed E-state index contributed by atoms with van der Waals surface area (Å²) in [6.45, 7) is 6.36. The Morgan fingerprint density at radius 2 is 2.15 bits per heavy atom. The van der Waals surface area contributed by atoms with Crippen LogP contribution in [0, 0.1) is 11.7 Å². The van der Waals surface area contributed by atoms with Crippen molar-refractivity contribution < 1.29 is 9.13 Å².